The number of aromatic amines is 1. The first kappa shape index (κ1) is 18.1. The number of hydrogen-bond donors (Lipinski definition) is 2. The average Bonchev–Trinajstić information content (AvgIpc) is 3.27. The Kier molecular flexibility index (Phi) is 5.30. The monoisotopic (exact) mass is 373 g/mol. The van der Waals surface area contributed by atoms with Gasteiger partial charge in [-0.05, 0) is 53.9 Å². The fourth-order valence-electron chi connectivity index (χ4n) is 3.51. The quantitative estimate of drug-likeness (QED) is 0.671. The lowest BCUT2D eigenvalue weighted by molar-refractivity contribution is -0.111. The van der Waals surface area contributed by atoms with Crippen LogP contribution in [-0.2, 0) is 17.8 Å². The molecule has 4 rings (SSSR count). The molecule has 0 fully saturated rings. The highest BCUT2D eigenvalue weighted by Crippen LogP contribution is 2.24. The number of amides is 1. The van der Waals surface area contributed by atoms with Gasteiger partial charge in [0, 0.05) is 54.6 Å². The molecule has 0 atom stereocenters. The number of fused-ring (bicyclic) bond motifs is 1. The Balaban J connectivity index is 1.46. The number of pyridine rings is 1. The summed E-state index contributed by atoms with van der Waals surface area (Å²) in [7, 11) is 0. The summed E-state index contributed by atoms with van der Waals surface area (Å²) >= 11 is 0. The molecule has 6 nitrogen and oxygen atoms in total. The molecular formula is C22H23N5O. The van der Waals surface area contributed by atoms with E-state index in [1.165, 1.54) is 11.1 Å². The second-order valence-corrected chi connectivity index (χ2v) is 6.87. The second-order valence-electron chi connectivity index (χ2n) is 6.87. The third-order valence-corrected chi connectivity index (χ3v) is 5.09. The smallest absolute Gasteiger partial charge is 0.248 e. The van der Waals surface area contributed by atoms with Crippen molar-refractivity contribution in [2.45, 2.75) is 19.9 Å². The highest BCUT2D eigenvalue weighted by atomic mass is 16.1. The van der Waals surface area contributed by atoms with Crippen molar-refractivity contribution in [3.8, 4) is 11.1 Å². The summed E-state index contributed by atoms with van der Waals surface area (Å²) in [6.07, 6.45) is 11.4. The summed E-state index contributed by atoms with van der Waals surface area (Å²) in [6, 6.07) is 8.10. The van der Waals surface area contributed by atoms with E-state index < -0.39 is 0 Å². The first-order valence-electron chi connectivity index (χ1n) is 9.49. The van der Waals surface area contributed by atoms with Gasteiger partial charge in [-0.25, -0.2) is 0 Å². The Morgan fingerprint density at radius 1 is 1.29 bits per heavy atom. The van der Waals surface area contributed by atoms with Gasteiger partial charge in [-0.1, -0.05) is 13.0 Å². The zero-order chi connectivity index (χ0) is 19.3. The Labute approximate surface area is 164 Å². The number of nitrogens with zero attached hydrogens (tertiary/aromatic N) is 3. The van der Waals surface area contributed by atoms with Gasteiger partial charge in [-0.2, -0.15) is 5.10 Å². The van der Waals surface area contributed by atoms with E-state index in [1.54, 1.807) is 30.7 Å². The summed E-state index contributed by atoms with van der Waals surface area (Å²) < 4.78 is 0. The van der Waals surface area contributed by atoms with Crippen LogP contribution in [0.1, 0.15) is 23.6 Å². The Bertz CT molecular complexity index is 994. The van der Waals surface area contributed by atoms with E-state index in [-0.39, 0.29) is 5.91 Å². The number of carbonyl (C=O) groups is 1. The number of likely N-dealkylation sites (N-methyl/N-ethyl adjacent to an activating group) is 1. The van der Waals surface area contributed by atoms with Gasteiger partial charge in [0.2, 0.25) is 5.91 Å². The molecule has 0 aliphatic carbocycles. The van der Waals surface area contributed by atoms with E-state index in [4.69, 9.17) is 0 Å². The van der Waals surface area contributed by atoms with E-state index in [9.17, 15) is 4.79 Å². The third kappa shape index (κ3) is 4.02. The highest BCUT2D eigenvalue weighted by Gasteiger charge is 2.15. The van der Waals surface area contributed by atoms with Gasteiger partial charge in [-0.15, -0.1) is 0 Å². The van der Waals surface area contributed by atoms with Crippen molar-refractivity contribution in [1.82, 2.24) is 20.1 Å². The van der Waals surface area contributed by atoms with Crippen LogP contribution in [0.15, 0.2) is 55.1 Å². The lowest BCUT2D eigenvalue weighted by atomic mass is 9.99. The van der Waals surface area contributed by atoms with Gasteiger partial charge in [0.1, 0.15) is 0 Å². The van der Waals surface area contributed by atoms with Crippen LogP contribution in [0.25, 0.3) is 17.2 Å². The fraction of sp³-hybridized carbons (Fsp3) is 0.227. The first-order valence-corrected chi connectivity index (χ1v) is 9.49. The maximum absolute atomic E-state index is 12.4. The molecule has 1 aliphatic rings. The van der Waals surface area contributed by atoms with Gasteiger partial charge in [-0.3, -0.25) is 19.8 Å². The van der Waals surface area contributed by atoms with E-state index in [0.717, 1.165) is 48.4 Å². The molecule has 28 heavy (non-hydrogen) atoms. The predicted octanol–water partition coefficient (Wildman–Crippen LogP) is 3.50. The van der Waals surface area contributed by atoms with Gasteiger partial charge >= 0.3 is 0 Å². The minimum atomic E-state index is -0.159. The normalized spacial score (nSPS) is 14.2. The molecule has 2 aromatic heterocycles. The van der Waals surface area contributed by atoms with Crippen LogP contribution in [0.5, 0.6) is 0 Å². The zero-order valence-electron chi connectivity index (χ0n) is 15.9. The molecule has 0 saturated carbocycles. The summed E-state index contributed by atoms with van der Waals surface area (Å²) in [5, 5.41) is 9.76. The van der Waals surface area contributed by atoms with Gasteiger partial charge < -0.3 is 5.32 Å². The van der Waals surface area contributed by atoms with Crippen LogP contribution in [0.4, 0.5) is 5.69 Å². The molecule has 3 heterocycles. The Hall–Kier alpha value is -3.25. The number of nitrogens with one attached hydrogen (secondary N) is 2. The van der Waals surface area contributed by atoms with Crippen molar-refractivity contribution < 1.29 is 4.79 Å². The molecule has 1 amide bonds. The minimum Gasteiger partial charge on any atom is -0.323 e. The molecule has 6 heteroatoms. The molecule has 3 aromatic rings. The highest BCUT2D eigenvalue weighted by molar-refractivity contribution is 6.02. The Morgan fingerprint density at radius 3 is 3.04 bits per heavy atom. The van der Waals surface area contributed by atoms with Crippen molar-refractivity contribution in [3.05, 3.63) is 71.8 Å². The largest absolute Gasteiger partial charge is 0.323 e. The molecule has 1 aliphatic heterocycles. The topological polar surface area (TPSA) is 73.9 Å². The van der Waals surface area contributed by atoms with Crippen molar-refractivity contribution in [2.24, 2.45) is 0 Å². The van der Waals surface area contributed by atoms with Crippen LogP contribution in [0.3, 0.4) is 0 Å². The average molecular weight is 373 g/mol. The number of rotatable bonds is 5. The third-order valence-electron chi connectivity index (χ3n) is 5.09. The summed E-state index contributed by atoms with van der Waals surface area (Å²) in [6.45, 7) is 5.31. The molecule has 0 radical (unpaired) electrons. The number of hydrogen-bond acceptors (Lipinski definition) is 4. The second kappa shape index (κ2) is 8.19. The number of aromatic nitrogens is 3. The zero-order valence-corrected chi connectivity index (χ0v) is 15.9. The van der Waals surface area contributed by atoms with Gasteiger partial charge in [0.15, 0.2) is 0 Å². The van der Waals surface area contributed by atoms with Crippen LogP contribution >= 0.6 is 0 Å². The van der Waals surface area contributed by atoms with Crippen LogP contribution in [-0.4, -0.2) is 39.1 Å². The number of carbonyl (C=O) groups excluding carboxylic acids is 1. The first-order chi connectivity index (χ1) is 13.7. The van der Waals surface area contributed by atoms with Crippen LogP contribution < -0.4 is 5.32 Å². The lowest BCUT2D eigenvalue weighted by Gasteiger charge is -2.27. The number of H-pyrrole nitrogens is 1. The van der Waals surface area contributed by atoms with E-state index in [1.807, 2.05) is 18.3 Å². The molecular weight excluding hydrogens is 350 g/mol. The molecule has 1 aromatic carbocycles. The number of anilines is 1. The minimum absolute atomic E-state index is 0.159. The van der Waals surface area contributed by atoms with Crippen molar-refractivity contribution in [1.29, 1.82) is 0 Å². The lowest BCUT2D eigenvalue weighted by Crippen LogP contribution is -2.30. The SMILES string of the molecule is CCN1CCc2cc(NC(=O)/C=C/c3cnccc3-c3cn[nH]c3)ccc2C1. The molecule has 0 unspecified atom stereocenters. The summed E-state index contributed by atoms with van der Waals surface area (Å²) in [4.78, 5) is 19.0. The molecule has 0 saturated heterocycles. The standard InChI is InChI=1S/C22H23N5O/c1-2-27-10-8-16-11-20(5-3-18(16)15-27)26-22(28)6-4-17-12-23-9-7-21(17)19-13-24-25-14-19/h3-7,9,11-14H,2,8,10,15H2,1H3,(H,24,25)(H,26,28)/b6-4+. The predicted molar refractivity (Wildman–Crippen MR) is 111 cm³/mol. The van der Waals surface area contributed by atoms with Crippen LogP contribution in [0, 0.1) is 0 Å². The fourth-order valence-corrected chi connectivity index (χ4v) is 3.51. The van der Waals surface area contributed by atoms with E-state index in [2.05, 4.69) is 44.5 Å². The maximum Gasteiger partial charge on any atom is 0.248 e. The molecule has 0 bridgehead atoms. The Morgan fingerprint density at radius 2 is 2.21 bits per heavy atom. The van der Waals surface area contributed by atoms with Gasteiger partial charge in [0.05, 0.1) is 6.20 Å². The summed E-state index contributed by atoms with van der Waals surface area (Å²) in [5.74, 6) is -0.159. The van der Waals surface area contributed by atoms with Gasteiger partial charge in [0.25, 0.3) is 0 Å². The molecule has 2 N–H and O–H groups in total. The molecule has 142 valence electrons. The maximum atomic E-state index is 12.4. The summed E-state index contributed by atoms with van der Waals surface area (Å²) in [5.41, 5.74) is 6.30. The van der Waals surface area contributed by atoms with E-state index in [0.29, 0.717) is 0 Å². The molecule has 0 spiro atoms. The van der Waals surface area contributed by atoms with E-state index >= 15 is 0 Å². The number of benzene rings is 1. The van der Waals surface area contributed by atoms with Crippen molar-refractivity contribution in [3.63, 3.8) is 0 Å². The van der Waals surface area contributed by atoms with Crippen molar-refractivity contribution in [2.75, 3.05) is 18.4 Å². The van der Waals surface area contributed by atoms with Crippen LogP contribution in [0.2, 0.25) is 0 Å². The van der Waals surface area contributed by atoms with Crippen molar-refractivity contribution >= 4 is 17.7 Å².